The first kappa shape index (κ1) is 13.7. The molecule has 0 amide bonds. The van der Waals surface area contributed by atoms with Crippen LogP contribution < -0.4 is 0 Å². The molecule has 0 radical (unpaired) electrons. The van der Waals surface area contributed by atoms with E-state index in [0.29, 0.717) is 0 Å². The van der Waals surface area contributed by atoms with Crippen LogP contribution in [-0.4, -0.2) is 29.1 Å². The average Bonchev–Trinajstić information content (AvgIpc) is 2.28. The molecule has 0 aliphatic rings. The number of hydrogen-bond donors (Lipinski definition) is 1. The fraction of sp³-hybridized carbons (Fsp3) is 0.500. The van der Waals surface area contributed by atoms with Crippen molar-refractivity contribution in [1.82, 2.24) is 4.90 Å². The Bertz CT molecular complexity index is 401. The van der Waals surface area contributed by atoms with Gasteiger partial charge in [-0.3, -0.25) is 9.69 Å². The number of carbonyl (C=O) groups is 1. The van der Waals surface area contributed by atoms with Crippen LogP contribution in [0.5, 0.6) is 0 Å². The highest BCUT2D eigenvalue weighted by Crippen LogP contribution is 2.22. The normalized spacial score (nSPS) is 12.8. The number of hydrogen-bond acceptors (Lipinski definition) is 2. The summed E-state index contributed by atoms with van der Waals surface area (Å²) in [6, 6.07) is 6.45. The van der Waals surface area contributed by atoms with Crippen molar-refractivity contribution in [3.8, 4) is 0 Å². The molecule has 0 aliphatic carbocycles. The van der Waals surface area contributed by atoms with Gasteiger partial charge >= 0.3 is 5.97 Å². The van der Waals surface area contributed by atoms with Crippen LogP contribution in [-0.2, 0) is 4.79 Å². The summed E-state index contributed by atoms with van der Waals surface area (Å²) in [5.41, 5.74) is 3.69. The molecule has 0 fully saturated rings. The standard InChI is InChI=1S/C14H21NO2/c1-5-15(9-14(16)17)12(4)13-7-6-10(2)11(3)8-13/h6-8,12H,5,9H2,1-4H3,(H,16,17). The van der Waals surface area contributed by atoms with Crippen LogP contribution in [0.3, 0.4) is 0 Å². The molecular weight excluding hydrogens is 214 g/mol. The highest BCUT2D eigenvalue weighted by Gasteiger charge is 2.16. The van der Waals surface area contributed by atoms with Crippen molar-refractivity contribution in [3.63, 3.8) is 0 Å². The maximum Gasteiger partial charge on any atom is 0.317 e. The molecule has 3 heteroatoms. The number of carboxylic acids is 1. The first-order valence-electron chi connectivity index (χ1n) is 5.98. The zero-order chi connectivity index (χ0) is 13.0. The summed E-state index contributed by atoms with van der Waals surface area (Å²) in [6.45, 7) is 9.03. The minimum absolute atomic E-state index is 0.0879. The summed E-state index contributed by atoms with van der Waals surface area (Å²) in [5.74, 6) is -0.775. The minimum atomic E-state index is -0.775. The van der Waals surface area contributed by atoms with E-state index in [-0.39, 0.29) is 12.6 Å². The molecule has 0 spiro atoms. The Hall–Kier alpha value is -1.35. The Kier molecular flexibility index (Phi) is 4.70. The second-order valence-electron chi connectivity index (χ2n) is 4.48. The summed E-state index contributed by atoms with van der Waals surface area (Å²) in [7, 11) is 0. The number of aliphatic carboxylic acids is 1. The highest BCUT2D eigenvalue weighted by atomic mass is 16.4. The third-order valence-corrected chi connectivity index (χ3v) is 3.31. The van der Waals surface area contributed by atoms with Crippen molar-refractivity contribution in [2.24, 2.45) is 0 Å². The van der Waals surface area contributed by atoms with E-state index in [9.17, 15) is 4.79 Å². The van der Waals surface area contributed by atoms with Gasteiger partial charge in [0.05, 0.1) is 6.54 Å². The number of carboxylic acid groups (broad SMARTS) is 1. The van der Waals surface area contributed by atoms with Gasteiger partial charge in [-0.1, -0.05) is 25.1 Å². The number of nitrogens with zero attached hydrogens (tertiary/aromatic N) is 1. The molecule has 0 aliphatic heterocycles. The minimum Gasteiger partial charge on any atom is -0.480 e. The van der Waals surface area contributed by atoms with Crippen LogP contribution in [0.2, 0.25) is 0 Å². The Balaban J connectivity index is 2.89. The largest absolute Gasteiger partial charge is 0.480 e. The summed E-state index contributed by atoms with van der Waals surface area (Å²) in [5, 5.41) is 8.87. The van der Waals surface area contributed by atoms with Gasteiger partial charge in [0.2, 0.25) is 0 Å². The number of benzene rings is 1. The summed E-state index contributed by atoms with van der Waals surface area (Å²) in [6.07, 6.45) is 0. The van der Waals surface area contributed by atoms with Crippen molar-refractivity contribution >= 4 is 5.97 Å². The second-order valence-corrected chi connectivity index (χ2v) is 4.48. The predicted molar refractivity (Wildman–Crippen MR) is 69.2 cm³/mol. The first-order chi connectivity index (χ1) is 7.95. The maximum absolute atomic E-state index is 10.8. The lowest BCUT2D eigenvalue weighted by Gasteiger charge is -2.26. The monoisotopic (exact) mass is 235 g/mol. The highest BCUT2D eigenvalue weighted by molar-refractivity contribution is 5.69. The van der Waals surface area contributed by atoms with Gasteiger partial charge in [-0.05, 0) is 44.0 Å². The van der Waals surface area contributed by atoms with Gasteiger partial charge in [0.25, 0.3) is 0 Å². The maximum atomic E-state index is 10.8. The van der Waals surface area contributed by atoms with E-state index in [1.54, 1.807) is 0 Å². The van der Waals surface area contributed by atoms with E-state index in [4.69, 9.17) is 5.11 Å². The molecule has 0 bridgehead atoms. The zero-order valence-electron chi connectivity index (χ0n) is 11.0. The van der Waals surface area contributed by atoms with Crippen LogP contribution >= 0.6 is 0 Å². The van der Waals surface area contributed by atoms with Crippen molar-refractivity contribution in [2.45, 2.75) is 33.7 Å². The van der Waals surface area contributed by atoms with E-state index < -0.39 is 5.97 Å². The first-order valence-corrected chi connectivity index (χ1v) is 5.98. The molecule has 0 heterocycles. The van der Waals surface area contributed by atoms with Gasteiger partial charge < -0.3 is 5.11 Å². The topological polar surface area (TPSA) is 40.5 Å². The molecule has 0 saturated carbocycles. The lowest BCUT2D eigenvalue weighted by Crippen LogP contribution is -2.32. The molecule has 0 aromatic heterocycles. The zero-order valence-corrected chi connectivity index (χ0v) is 11.0. The molecule has 3 nitrogen and oxygen atoms in total. The van der Waals surface area contributed by atoms with Crippen molar-refractivity contribution in [3.05, 3.63) is 34.9 Å². The Morgan fingerprint density at radius 3 is 2.47 bits per heavy atom. The van der Waals surface area contributed by atoms with E-state index in [2.05, 4.69) is 39.0 Å². The third kappa shape index (κ3) is 3.56. The Morgan fingerprint density at radius 1 is 1.35 bits per heavy atom. The molecule has 1 N–H and O–H groups in total. The summed E-state index contributed by atoms with van der Waals surface area (Å²) >= 11 is 0. The van der Waals surface area contributed by atoms with Crippen LogP contribution in [0, 0.1) is 13.8 Å². The van der Waals surface area contributed by atoms with Crippen molar-refractivity contribution in [2.75, 3.05) is 13.1 Å². The van der Waals surface area contributed by atoms with Crippen LogP contribution in [0.4, 0.5) is 0 Å². The van der Waals surface area contributed by atoms with Gasteiger partial charge in [0.15, 0.2) is 0 Å². The molecule has 1 unspecified atom stereocenters. The van der Waals surface area contributed by atoms with Gasteiger partial charge in [-0.2, -0.15) is 0 Å². The third-order valence-electron chi connectivity index (χ3n) is 3.31. The van der Waals surface area contributed by atoms with Gasteiger partial charge in [-0.15, -0.1) is 0 Å². The molecule has 1 rings (SSSR count). The molecule has 94 valence electrons. The molecule has 1 aromatic carbocycles. The average molecular weight is 235 g/mol. The van der Waals surface area contributed by atoms with E-state index >= 15 is 0 Å². The van der Waals surface area contributed by atoms with Crippen molar-refractivity contribution < 1.29 is 9.90 Å². The number of likely N-dealkylation sites (N-methyl/N-ethyl adjacent to an activating group) is 1. The van der Waals surface area contributed by atoms with Gasteiger partial charge in [-0.25, -0.2) is 0 Å². The van der Waals surface area contributed by atoms with Crippen LogP contribution in [0.1, 0.15) is 36.6 Å². The van der Waals surface area contributed by atoms with Gasteiger partial charge in [0.1, 0.15) is 0 Å². The number of aryl methyl sites for hydroxylation is 2. The quantitative estimate of drug-likeness (QED) is 0.853. The number of rotatable bonds is 5. The van der Waals surface area contributed by atoms with Gasteiger partial charge in [0, 0.05) is 6.04 Å². The summed E-state index contributed by atoms with van der Waals surface area (Å²) < 4.78 is 0. The second kappa shape index (κ2) is 5.82. The van der Waals surface area contributed by atoms with E-state index in [1.807, 2.05) is 11.8 Å². The Morgan fingerprint density at radius 2 is 2.00 bits per heavy atom. The lowest BCUT2D eigenvalue weighted by molar-refractivity contribution is -0.138. The van der Waals surface area contributed by atoms with E-state index in [1.165, 1.54) is 16.7 Å². The molecule has 1 atom stereocenters. The molecule has 0 saturated heterocycles. The molecular formula is C14H21NO2. The SMILES string of the molecule is CCN(CC(=O)O)C(C)c1ccc(C)c(C)c1. The Labute approximate surface area is 103 Å². The fourth-order valence-corrected chi connectivity index (χ4v) is 1.93. The fourth-order valence-electron chi connectivity index (χ4n) is 1.93. The van der Waals surface area contributed by atoms with Crippen LogP contribution in [0.25, 0.3) is 0 Å². The summed E-state index contributed by atoms with van der Waals surface area (Å²) in [4.78, 5) is 12.7. The lowest BCUT2D eigenvalue weighted by atomic mass is 10.0. The van der Waals surface area contributed by atoms with Crippen molar-refractivity contribution in [1.29, 1.82) is 0 Å². The molecule has 17 heavy (non-hydrogen) atoms. The predicted octanol–water partition coefficient (Wildman–Crippen LogP) is 2.77. The smallest absolute Gasteiger partial charge is 0.317 e. The van der Waals surface area contributed by atoms with Crippen LogP contribution in [0.15, 0.2) is 18.2 Å². The molecule has 1 aromatic rings. The van der Waals surface area contributed by atoms with E-state index in [0.717, 1.165) is 6.54 Å².